The average molecular weight is 181 g/mol. The Morgan fingerprint density at radius 2 is 2.15 bits per heavy atom. The molecule has 0 spiro atoms. The van der Waals surface area contributed by atoms with Crippen LogP contribution < -0.4 is 11.1 Å². The molecule has 4 heteroatoms. The van der Waals surface area contributed by atoms with E-state index in [-0.39, 0.29) is 5.91 Å². The molecule has 0 atom stereocenters. The van der Waals surface area contributed by atoms with Gasteiger partial charge in [-0.05, 0) is 6.07 Å². The van der Waals surface area contributed by atoms with Crippen molar-refractivity contribution >= 4 is 11.6 Å². The Labute approximate surface area is 78.2 Å². The van der Waals surface area contributed by atoms with E-state index in [0.29, 0.717) is 11.3 Å². The van der Waals surface area contributed by atoms with Gasteiger partial charge in [0.1, 0.15) is 0 Å². The van der Waals surface area contributed by atoms with Crippen LogP contribution in [0.3, 0.4) is 0 Å². The monoisotopic (exact) mass is 181 g/mol. The Morgan fingerprint density at radius 1 is 1.54 bits per heavy atom. The molecule has 0 unspecified atom stereocenters. The SMILES string of the molecule is CC.CNC(=O)c1cnccc1N. The lowest BCUT2D eigenvalue weighted by atomic mass is 10.2. The van der Waals surface area contributed by atoms with E-state index in [9.17, 15) is 4.79 Å². The fourth-order valence-corrected chi connectivity index (χ4v) is 0.730. The summed E-state index contributed by atoms with van der Waals surface area (Å²) in [5, 5.41) is 2.46. The third-order valence-corrected chi connectivity index (χ3v) is 1.33. The molecule has 0 saturated carbocycles. The first-order valence-corrected chi connectivity index (χ1v) is 4.17. The number of aromatic nitrogens is 1. The van der Waals surface area contributed by atoms with Gasteiger partial charge in [0.25, 0.3) is 5.91 Å². The first kappa shape index (κ1) is 11.4. The minimum absolute atomic E-state index is 0.212. The third kappa shape index (κ3) is 3.11. The van der Waals surface area contributed by atoms with Gasteiger partial charge in [-0.15, -0.1) is 0 Å². The summed E-state index contributed by atoms with van der Waals surface area (Å²) >= 11 is 0. The van der Waals surface area contributed by atoms with Gasteiger partial charge in [-0.25, -0.2) is 0 Å². The van der Waals surface area contributed by atoms with Gasteiger partial charge >= 0.3 is 0 Å². The van der Waals surface area contributed by atoms with Crippen molar-refractivity contribution in [3.8, 4) is 0 Å². The number of anilines is 1. The zero-order valence-electron chi connectivity index (χ0n) is 8.16. The Bertz CT molecular complexity index is 273. The molecular formula is C9H15N3O. The van der Waals surface area contributed by atoms with Crippen molar-refractivity contribution < 1.29 is 4.79 Å². The number of rotatable bonds is 1. The molecule has 3 N–H and O–H groups in total. The van der Waals surface area contributed by atoms with Crippen molar-refractivity contribution in [2.45, 2.75) is 13.8 Å². The molecule has 1 amide bonds. The van der Waals surface area contributed by atoms with E-state index < -0.39 is 0 Å². The van der Waals surface area contributed by atoms with E-state index in [0.717, 1.165) is 0 Å². The maximum Gasteiger partial charge on any atom is 0.254 e. The number of nitrogens with two attached hydrogens (primary N) is 1. The molecule has 1 heterocycles. The molecule has 0 aromatic carbocycles. The van der Waals surface area contributed by atoms with Crippen LogP contribution >= 0.6 is 0 Å². The summed E-state index contributed by atoms with van der Waals surface area (Å²) in [6, 6.07) is 1.59. The van der Waals surface area contributed by atoms with E-state index in [1.54, 1.807) is 19.3 Å². The molecule has 4 nitrogen and oxygen atoms in total. The maximum atomic E-state index is 11.0. The lowest BCUT2D eigenvalue weighted by Gasteiger charge is -2.00. The van der Waals surface area contributed by atoms with E-state index in [1.165, 1.54) is 6.20 Å². The van der Waals surface area contributed by atoms with Crippen LogP contribution in [0.15, 0.2) is 18.5 Å². The van der Waals surface area contributed by atoms with Gasteiger partial charge in [0.05, 0.1) is 5.56 Å². The number of hydrogen-bond acceptors (Lipinski definition) is 3. The minimum Gasteiger partial charge on any atom is -0.398 e. The standard InChI is InChI=1S/C7H9N3O.C2H6/c1-9-7(11)5-4-10-3-2-6(5)8;1-2/h2-4H,1H3,(H2,8,10)(H,9,11);1-2H3. The normalized spacial score (nSPS) is 8.23. The molecule has 72 valence electrons. The summed E-state index contributed by atoms with van der Waals surface area (Å²) < 4.78 is 0. The van der Waals surface area contributed by atoms with Gasteiger partial charge < -0.3 is 11.1 Å². The van der Waals surface area contributed by atoms with Gasteiger partial charge in [-0.3, -0.25) is 9.78 Å². The van der Waals surface area contributed by atoms with E-state index in [1.807, 2.05) is 13.8 Å². The fourth-order valence-electron chi connectivity index (χ4n) is 0.730. The zero-order chi connectivity index (χ0) is 10.3. The van der Waals surface area contributed by atoms with Gasteiger partial charge in [-0.2, -0.15) is 0 Å². The molecule has 0 fully saturated rings. The topological polar surface area (TPSA) is 68.0 Å². The summed E-state index contributed by atoms with van der Waals surface area (Å²) in [6.07, 6.45) is 2.98. The smallest absolute Gasteiger partial charge is 0.254 e. The van der Waals surface area contributed by atoms with Crippen LogP contribution in [-0.2, 0) is 0 Å². The van der Waals surface area contributed by atoms with E-state index >= 15 is 0 Å². The second-order valence-electron chi connectivity index (χ2n) is 2.04. The molecular weight excluding hydrogens is 166 g/mol. The summed E-state index contributed by atoms with van der Waals surface area (Å²) in [5.41, 5.74) is 6.35. The number of nitrogens with one attached hydrogen (secondary N) is 1. The predicted octanol–water partition coefficient (Wildman–Crippen LogP) is 1.05. The number of carbonyl (C=O) groups excluding carboxylic acids is 1. The van der Waals surface area contributed by atoms with Crippen LogP contribution in [0.25, 0.3) is 0 Å². The summed E-state index contributed by atoms with van der Waals surface area (Å²) in [6.45, 7) is 4.00. The van der Waals surface area contributed by atoms with Gasteiger partial charge in [-0.1, -0.05) is 13.8 Å². The maximum absolute atomic E-state index is 11.0. The largest absolute Gasteiger partial charge is 0.398 e. The first-order valence-electron chi connectivity index (χ1n) is 4.17. The van der Waals surface area contributed by atoms with Crippen LogP contribution in [0.1, 0.15) is 24.2 Å². The zero-order valence-corrected chi connectivity index (χ0v) is 8.16. The van der Waals surface area contributed by atoms with E-state index in [4.69, 9.17) is 5.73 Å². The second kappa shape index (κ2) is 5.99. The molecule has 0 saturated heterocycles. The molecule has 1 aromatic heterocycles. The van der Waals surface area contributed by atoms with E-state index in [2.05, 4.69) is 10.3 Å². The van der Waals surface area contributed by atoms with Crippen LogP contribution in [0.2, 0.25) is 0 Å². The van der Waals surface area contributed by atoms with Gasteiger partial charge in [0, 0.05) is 25.1 Å². The van der Waals surface area contributed by atoms with Crippen molar-refractivity contribution in [3.63, 3.8) is 0 Å². The highest BCUT2D eigenvalue weighted by Gasteiger charge is 2.05. The molecule has 0 aliphatic rings. The fraction of sp³-hybridized carbons (Fsp3) is 0.333. The van der Waals surface area contributed by atoms with Crippen molar-refractivity contribution in [1.29, 1.82) is 0 Å². The van der Waals surface area contributed by atoms with Crippen molar-refractivity contribution in [3.05, 3.63) is 24.0 Å². The number of nitrogens with zero attached hydrogens (tertiary/aromatic N) is 1. The molecule has 13 heavy (non-hydrogen) atoms. The third-order valence-electron chi connectivity index (χ3n) is 1.33. The van der Waals surface area contributed by atoms with Crippen LogP contribution in [0, 0.1) is 0 Å². The summed E-state index contributed by atoms with van der Waals surface area (Å²) in [4.78, 5) is 14.8. The van der Waals surface area contributed by atoms with Crippen molar-refractivity contribution in [1.82, 2.24) is 10.3 Å². The number of hydrogen-bond donors (Lipinski definition) is 2. The Morgan fingerprint density at radius 3 is 2.62 bits per heavy atom. The highest BCUT2D eigenvalue weighted by Crippen LogP contribution is 2.07. The summed E-state index contributed by atoms with van der Waals surface area (Å²) in [7, 11) is 1.55. The lowest BCUT2D eigenvalue weighted by molar-refractivity contribution is 0.0963. The van der Waals surface area contributed by atoms with Crippen LogP contribution in [0.4, 0.5) is 5.69 Å². The lowest BCUT2D eigenvalue weighted by Crippen LogP contribution is -2.19. The second-order valence-corrected chi connectivity index (χ2v) is 2.04. The minimum atomic E-state index is -0.212. The number of pyridine rings is 1. The molecule has 0 bridgehead atoms. The highest BCUT2D eigenvalue weighted by molar-refractivity contribution is 5.98. The quantitative estimate of drug-likeness (QED) is 0.680. The number of nitrogen functional groups attached to an aromatic ring is 1. The molecule has 0 aliphatic carbocycles. The number of amides is 1. The Kier molecular flexibility index (Phi) is 5.27. The predicted molar refractivity (Wildman–Crippen MR) is 53.4 cm³/mol. The average Bonchev–Trinajstić information content (AvgIpc) is 2.20. The first-order chi connectivity index (χ1) is 6.25. The van der Waals surface area contributed by atoms with Gasteiger partial charge in [0.2, 0.25) is 0 Å². The van der Waals surface area contributed by atoms with Gasteiger partial charge in [0.15, 0.2) is 0 Å². The molecule has 1 aromatic rings. The molecule has 0 radical (unpaired) electrons. The number of carbonyl (C=O) groups is 1. The Hall–Kier alpha value is -1.58. The Balaban J connectivity index is 0.000000671. The summed E-state index contributed by atoms with van der Waals surface area (Å²) in [5.74, 6) is -0.212. The van der Waals surface area contributed by atoms with Crippen LogP contribution in [0.5, 0.6) is 0 Å². The van der Waals surface area contributed by atoms with Crippen molar-refractivity contribution in [2.24, 2.45) is 0 Å². The van der Waals surface area contributed by atoms with Crippen LogP contribution in [-0.4, -0.2) is 17.9 Å². The highest BCUT2D eigenvalue weighted by atomic mass is 16.1. The molecule has 1 rings (SSSR count). The van der Waals surface area contributed by atoms with Crippen molar-refractivity contribution in [2.75, 3.05) is 12.8 Å². The molecule has 0 aliphatic heterocycles.